The number of piperidine rings is 1. The lowest BCUT2D eigenvalue weighted by Gasteiger charge is -2.32. The standard InChI is InChI=1S/C26H30N2OS/c1-2-24-18-23(26(30-24)27-25(29)22-11-7-4-8-12-22)19-28-15-13-21(14-16-28)17-20-9-5-3-6-10-20/h3-12,18,21H,2,13-17,19H2,1H3,(H,27,29). The van der Waals surface area contributed by atoms with Crippen LogP contribution in [0.5, 0.6) is 0 Å². The summed E-state index contributed by atoms with van der Waals surface area (Å²) in [4.78, 5) is 16.5. The maximum Gasteiger partial charge on any atom is 0.256 e. The van der Waals surface area contributed by atoms with Crippen molar-refractivity contribution < 1.29 is 4.79 Å². The van der Waals surface area contributed by atoms with E-state index < -0.39 is 0 Å². The number of rotatable bonds is 7. The molecule has 1 aliphatic heterocycles. The number of amides is 1. The Labute approximate surface area is 183 Å². The number of aryl methyl sites for hydroxylation is 1. The minimum absolute atomic E-state index is 0.0251. The molecule has 0 atom stereocenters. The van der Waals surface area contributed by atoms with E-state index in [2.05, 4.69) is 53.5 Å². The van der Waals surface area contributed by atoms with E-state index in [1.54, 1.807) is 11.3 Å². The summed E-state index contributed by atoms with van der Waals surface area (Å²) in [5.41, 5.74) is 3.41. The minimum atomic E-state index is -0.0251. The SMILES string of the molecule is CCc1cc(CN2CCC(Cc3ccccc3)CC2)c(NC(=O)c2ccccc2)s1. The lowest BCUT2D eigenvalue weighted by atomic mass is 9.90. The van der Waals surface area contributed by atoms with Gasteiger partial charge in [0, 0.05) is 22.5 Å². The molecule has 1 fully saturated rings. The van der Waals surface area contributed by atoms with Gasteiger partial charge in [0.15, 0.2) is 0 Å². The number of hydrogen-bond acceptors (Lipinski definition) is 3. The Kier molecular flexibility index (Phi) is 6.98. The van der Waals surface area contributed by atoms with Crippen LogP contribution in [0, 0.1) is 5.92 Å². The Bertz CT molecular complexity index is 944. The van der Waals surface area contributed by atoms with Crippen molar-refractivity contribution in [1.29, 1.82) is 0 Å². The van der Waals surface area contributed by atoms with Crippen molar-refractivity contribution in [2.45, 2.75) is 39.2 Å². The van der Waals surface area contributed by atoms with Crippen molar-refractivity contribution in [2.75, 3.05) is 18.4 Å². The van der Waals surface area contributed by atoms with Crippen LogP contribution in [-0.4, -0.2) is 23.9 Å². The number of likely N-dealkylation sites (tertiary alicyclic amines) is 1. The monoisotopic (exact) mass is 418 g/mol. The van der Waals surface area contributed by atoms with Crippen molar-refractivity contribution in [3.63, 3.8) is 0 Å². The van der Waals surface area contributed by atoms with Gasteiger partial charge in [-0.3, -0.25) is 9.69 Å². The quantitative estimate of drug-likeness (QED) is 0.509. The normalized spacial score (nSPS) is 15.2. The Hall–Kier alpha value is -2.43. The van der Waals surface area contributed by atoms with E-state index in [0.29, 0.717) is 5.56 Å². The zero-order valence-electron chi connectivity index (χ0n) is 17.6. The first kappa shape index (κ1) is 20.8. The maximum atomic E-state index is 12.7. The van der Waals surface area contributed by atoms with Gasteiger partial charge in [-0.2, -0.15) is 0 Å². The highest BCUT2D eigenvalue weighted by molar-refractivity contribution is 7.16. The molecule has 4 rings (SSSR count). The van der Waals surface area contributed by atoms with E-state index in [9.17, 15) is 4.79 Å². The third-order valence-corrected chi connectivity index (χ3v) is 7.18. The van der Waals surface area contributed by atoms with Gasteiger partial charge < -0.3 is 5.32 Å². The average Bonchev–Trinajstić information content (AvgIpc) is 3.17. The third kappa shape index (κ3) is 5.38. The molecule has 1 saturated heterocycles. The van der Waals surface area contributed by atoms with E-state index in [1.165, 1.54) is 35.3 Å². The van der Waals surface area contributed by atoms with Crippen LogP contribution < -0.4 is 5.32 Å². The summed E-state index contributed by atoms with van der Waals surface area (Å²) >= 11 is 1.71. The molecule has 0 saturated carbocycles. The molecular formula is C26H30N2OS. The molecule has 4 heteroatoms. The molecular weight excluding hydrogens is 388 g/mol. The molecule has 3 aromatic rings. The molecule has 1 aromatic heterocycles. The lowest BCUT2D eigenvalue weighted by molar-refractivity contribution is 0.102. The fourth-order valence-electron chi connectivity index (χ4n) is 4.19. The number of anilines is 1. The largest absolute Gasteiger partial charge is 0.313 e. The highest BCUT2D eigenvalue weighted by Gasteiger charge is 2.21. The van der Waals surface area contributed by atoms with Crippen molar-refractivity contribution in [1.82, 2.24) is 4.90 Å². The molecule has 2 heterocycles. The second kappa shape index (κ2) is 10.1. The predicted octanol–water partition coefficient (Wildman–Crippen LogP) is 6.02. The average molecular weight is 419 g/mol. The van der Waals surface area contributed by atoms with E-state index in [0.717, 1.165) is 37.0 Å². The Morgan fingerprint density at radius 3 is 2.37 bits per heavy atom. The van der Waals surface area contributed by atoms with Gasteiger partial charge in [-0.1, -0.05) is 55.5 Å². The van der Waals surface area contributed by atoms with Crippen molar-refractivity contribution >= 4 is 22.2 Å². The van der Waals surface area contributed by atoms with E-state index in [-0.39, 0.29) is 5.91 Å². The number of thiophene rings is 1. The van der Waals surface area contributed by atoms with Gasteiger partial charge in [-0.15, -0.1) is 11.3 Å². The van der Waals surface area contributed by atoms with Gasteiger partial charge >= 0.3 is 0 Å². The molecule has 0 radical (unpaired) electrons. The predicted molar refractivity (Wildman–Crippen MR) is 126 cm³/mol. The summed E-state index contributed by atoms with van der Waals surface area (Å²) in [6.45, 7) is 5.34. The van der Waals surface area contributed by atoms with Crippen LogP contribution in [0.15, 0.2) is 66.7 Å². The van der Waals surface area contributed by atoms with Crippen LogP contribution in [-0.2, 0) is 19.4 Å². The van der Waals surface area contributed by atoms with Crippen LogP contribution in [0.2, 0.25) is 0 Å². The van der Waals surface area contributed by atoms with Gasteiger partial charge in [-0.05, 0) is 68.5 Å². The summed E-state index contributed by atoms with van der Waals surface area (Å²) in [6.07, 6.45) is 4.67. The highest BCUT2D eigenvalue weighted by atomic mass is 32.1. The molecule has 30 heavy (non-hydrogen) atoms. The minimum Gasteiger partial charge on any atom is -0.313 e. The van der Waals surface area contributed by atoms with E-state index in [4.69, 9.17) is 0 Å². The second-order valence-corrected chi connectivity index (χ2v) is 9.29. The van der Waals surface area contributed by atoms with Gasteiger partial charge in [0.1, 0.15) is 0 Å². The molecule has 3 nitrogen and oxygen atoms in total. The van der Waals surface area contributed by atoms with Crippen LogP contribution >= 0.6 is 11.3 Å². The maximum absolute atomic E-state index is 12.7. The van der Waals surface area contributed by atoms with E-state index >= 15 is 0 Å². The first-order chi connectivity index (χ1) is 14.7. The van der Waals surface area contributed by atoms with Crippen molar-refractivity contribution in [2.24, 2.45) is 5.92 Å². The van der Waals surface area contributed by atoms with Crippen LogP contribution in [0.25, 0.3) is 0 Å². The topological polar surface area (TPSA) is 32.3 Å². The first-order valence-electron chi connectivity index (χ1n) is 11.0. The van der Waals surface area contributed by atoms with Crippen molar-refractivity contribution in [3.8, 4) is 0 Å². The highest BCUT2D eigenvalue weighted by Crippen LogP contribution is 2.31. The molecule has 0 bridgehead atoms. The summed E-state index contributed by atoms with van der Waals surface area (Å²) in [6, 6.07) is 22.6. The first-order valence-corrected chi connectivity index (χ1v) is 11.8. The van der Waals surface area contributed by atoms with Crippen LogP contribution in [0.4, 0.5) is 5.00 Å². The molecule has 1 N–H and O–H groups in total. The van der Waals surface area contributed by atoms with Gasteiger partial charge in [0.05, 0.1) is 5.00 Å². The van der Waals surface area contributed by atoms with E-state index in [1.807, 2.05) is 30.3 Å². The van der Waals surface area contributed by atoms with Crippen LogP contribution in [0.3, 0.4) is 0 Å². The summed E-state index contributed by atoms with van der Waals surface area (Å²) in [5.74, 6) is 0.748. The van der Waals surface area contributed by atoms with Gasteiger partial charge in [0.25, 0.3) is 5.91 Å². The fourth-order valence-corrected chi connectivity index (χ4v) is 5.19. The molecule has 1 aliphatic rings. The third-order valence-electron chi connectivity index (χ3n) is 5.94. The smallest absolute Gasteiger partial charge is 0.256 e. The Morgan fingerprint density at radius 1 is 1.03 bits per heavy atom. The zero-order chi connectivity index (χ0) is 20.8. The molecule has 1 amide bonds. The van der Waals surface area contributed by atoms with Gasteiger partial charge in [0.2, 0.25) is 0 Å². The number of nitrogens with zero attached hydrogens (tertiary/aromatic N) is 1. The number of benzene rings is 2. The number of carbonyl (C=O) groups is 1. The Morgan fingerprint density at radius 2 is 1.70 bits per heavy atom. The molecule has 156 valence electrons. The second-order valence-electron chi connectivity index (χ2n) is 8.15. The summed E-state index contributed by atoms with van der Waals surface area (Å²) in [7, 11) is 0. The number of nitrogens with one attached hydrogen (secondary N) is 1. The summed E-state index contributed by atoms with van der Waals surface area (Å²) in [5, 5.41) is 4.17. The fraction of sp³-hybridized carbons (Fsp3) is 0.346. The molecule has 2 aromatic carbocycles. The number of hydrogen-bond donors (Lipinski definition) is 1. The van der Waals surface area contributed by atoms with Crippen LogP contribution in [0.1, 0.15) is 46.1 Å². The summed E-state index contributed by atoms with van der Waals surface area (Å²) < 4.78 is 0. The number of carbonyl (C=O) groups excluding carboxylic acids is 1. The molecule has 0 aliphatic carbocycles. The Balaban J connectivity index is 1.36. The van der Waals surface area contributed by atoms with Gasteiger partial charge in [-0.25, -0.2) is 0 Å². The van der Waals surface area contributed by atoms with Crippen molar-refractivity contribution in [3.05, 3.63) is 88.3 Å². The molecule has 0 spiro atoms. The zero-order valence-corrected chi connectivity index (χ0v) is 18.5. The lowest BCUT2D eigenvalue weighted by Crippen LogP contribution is -2.34. The molecule has 0 unspecified atom stereocenters.